The lowest BCUT2D eigenvalue weighted by molar-refractivity contribution is -0.724. The van der Waals surface area contributed by atoms with Crippen molar-refractivity contribution in [1.29, 1.82) is 0 Å². The third kappa shape index (κ3) is 1.07. The Morgan fingerprint density at radius 2 is 2.25 bits per heavy atom. The van der Waals surface area contributed by atoms with E-state index < -0.39 is 0 Å². The Labute approximate surface area is 71.2 Å². The van der Waals surface area contributed by atoms with Crippen LogP contribution in [-0.2, 0) is 0 Å². The fraction of sp³-hybridized carbons (Fsp3) is 0.333. The average molecular weight is 163 g/mol. The molecule has 0 unspecified atom stereocenters. The van der Waals surface area contributed by atoms with E-state index in [0.717, 1.165) is 0 Å². The normalized spacial score (nSPS) is 11.2. The Bertz CT molecular complexity index is 356. The molecule has 3 nitrogen and oxygen atoms in total. The van der Waals surface area contributed by atoms with Gasteiger partial charge in [-0.25, -0.2) is 0 Å². The van der Waals surface area contributed by atoms with E-state index in [4.69, 9.17) is 0 Å². The van der Waals surface area contributed by atoms with Crippen molar-refractivity contribution in [2.24, 2.45) is 0 Å². The second-order valence-corrected chi connectivity index (χ2v) is 3.26. The lowest BCUT2D eigenvalue weighted by Gasteiger charge is -1.84. The highest BCUT2D eigenvalue weighted by Crippen LogP contribution is 2.03. The van der Waals surface area contributed by atoms with Crippen LogP contribution in [0.25, 0.3) is 0 Å². The molecule has 0 aromatic carbocycles. The second kappa shape index (κ2) is 2.59. The summed E-state index contributed by atoms with van der Waals surface area (Å²) >= 11 is 0. The largest absolute Gasteiger partial charge is 0.277 e. The number of hydrogen-bond acceptors (Lipinski definition) is 0. The molecule has 0 aliphatic rings. The smallest absolute Gasteiger partial charge is 0.0671 e. The van der Waals surface area contributed by atoms with Gasteiger partial charge >= 0.3 is 0 Å². The Morgan fingerprint density at radius 1 is 1.42 bits per heavy atom. The van der Waals surface area contributed by atoms with Crippen LogP contribution in [0.5, 0.6) is 0 Å². The van der Waals surface area contributed by atoms with Gasteiger partial charge in [0, 0.05) is 12.0 Å². The van der Waals surface area contributed by atoms with Gasteiger partial charge in [0.05, 0.1) is 4.63 Å². The highest BCUT2D eigenvalue weighted by Gasteiger charge is 2.16. The highest BCUT2D eigenvalue weighted by atomic mass is 15.5. The SMILES string of the molecule is CC(C)c1c[n+]2ccccn2[nH+]1. The maximum Gasteiger partial charge on any atom is 0.277 e. The first-order chi connectivity index (χ1) is 5.77. The number of aromatic nitrogens is 3. The van der Waals surface area contributed by atoms with Crippen LogP contribution in [0.15, 0.2) is 30.7 Å². The minimum atomic E-state index is 0.539. The molecule has 0 aliphatic carbocycles. The van der Waals surface area contributed by atoms with Crippen LogP contribution in [0.2, 0.25) is 0 Å². The maximum atomic E-state index is 3.27. The summed E-state index contributed by atoms with van der Waals surface area (Å²) in [5.74, 6) is 0.539. The molecule has 0 saturated carbocycles. The van der Waals surface area contributed by atoms with Crippen molar-refractivity contribution in [3.63, 3.8) is 0 Å². The van der Waals surface area contributed by atoms with Crippen molar-refractivity contribution in [3.8, 4) is 0 Å². The highest BCUT2D eigenvalue weighted by molar-refractivity contribution is 4.88. The van der Waals surface area contributed by atoms with E-state index in [1.807, 2.05) is 33.7 Å². The number of fused-ring (bicyclic) bond motifs is 1. The van der Waals surface area contributed by atoms with Crippen LogP contribution in [0.3, 0.4) is 0 Å². The fourth-order valence-electron chi connectivity index (χ4n) is 1.20. The molecule has 1 N–H and O–H groups in total. The van der Waals surface area contributed by atoms with Gasteiger partial charge in [-0.15, -0.1) is 0 Å². The fourth-order valence-corrected chi connectivity index (χ4v) is 1.20. The zero-order valence-electron chi connectivity index (χ0n) is 7.36. The van der Waals surface area contributed by atoms with Gasteiger partial charge in [-0.3, -0.25) is 0 Å². The maximum absolute atomic E-state index is 3.27. The molecule has 2 aromatic rings. The predicted octanol–water partition coefficient (Wildman–Crippen LogP) is 0.462. The molecule has 0 spiro atoms. The van der Waals surface area contributed by atoms with Crippen LogP contribution in [0, 0.1) is 0 Å². The first-order valence-corrected chi connectivity index (χ1v) is 4.18. The molecule has 2 aromatic heterocycles. The van der Waals surface area contributed by atoms with Crippen LogP contribution < -0.4 is 9.61 Å². The van der Waals surface area contributed by atoms with Crippen molar-refractivity contribution >= 4 is 0 Å². The molecular weight excluding hydrogens is 150 g/mol. The second-order valence-electron chi connectivity index (χ2n) is 3.26. The molecule has 0 radical (unpaired) electrons. The Morgan fingerprint density at radius 3 is 2.92 bits per heavy atom. The van der Waals surface area contributed by atoms with Crippen LogP contribution in [0.4, 0.5) is 0 Å². The third-order valence-corrected chi connectivity index (χ3v) is 1.96. The van der Waals surface area contributed by atoms with Gasteiger partial charge in [-0.1, -0.05) is 18.9 Å². The van der Waals surface area contributed by atoms with Crippen LogP contribution in [0.1, 0.15) is 25.5 Å². The topological polar surface area (TPSA) is 22.6 Å². The van der Waals surface area contributed by atoms with Crippen molar-refractivity contribution in [1.82, 2.24) is 4.63 Å². The summed E-state index contributed by atoms with van der Waals surface area (Å²) in [4.78, 5) is 0. The van der Waals surface area contributed by atoms with E-state index in [2.05, 4.69) is 25.1 Å². The minimum Gasteiger partial charge on any atom is -0.0671 e. The summed E-state index contributed by atoms with van der Waals surface area (Å²) in [6, 6.07) is 4.01. The van der Waals surface area contributed by atoms with Crippen molar-refractivity contribution < 1.29 is 9.61 Å². The molecule has 0 atom stereocenters. The number of rotatable bonds is 1. The van der Waals surface area contributed by atoms with Crippen LogP contribution in [-0.4, -0.2) is 4.63 Å². The summed E-state index contributed by atoms with van der Waals surface area (Å²) in [5.41, 5.74) is 1.24. The van der Waals surface area contributed by atoms with E-state index in [-0.39, 0.29) is 0 Å². The summed E-state index contributed by atoms with van der Waals surface area (Å²) in [5, 5.41) is 3.27. The van der Waals surface area contributed by atoms with E-state index in [0.29, 0.717) is 5.92 Å². The van der Waals surface area contributed by atoms with Crippen molar-refractivity contribution in [3.05, 3.63) is 36.4 Å². The van der Waals surface area contributed by atoms with Crippen molar-refractivity contribution in [2.75, 3.05) is 0 Å². The molecule has 2 heterocycles. The molecule has 12 heavy (non-hydrogen) atoms. The zero-order chi connectivity index (χ0) is 8.55. The Balaban J connectivity index is 2.62. The number of nitrogens with one attached hydrogen (secondary N) is 1. The summed E-state index contributed by atoms with van der Waals surface area (Å²) in [7, 11) is 0. The molecular formula is C9H13N3+2. The lowest BCUT2D eigenvalue weighted by atomic mass is 10.2. The molecule has 62 valence electrons. The molecule has 3 heteroatoms. The quantitative estimate of drug-likeness (QED) is 0.545. The number of nitrogens with zero attached hydrogens (tertiary/aromatic N) is 2. The van der Waals surface area contributed by atoms with Gasteiger partial charge in [-0.05, 0) is 10.6 Å². The molecule has 0 fully saturated rings. The van der Waals surface area contributed by atoms with Gasteiger partial charge in [0.1, 0.15) is 6.20 Å². The molecule has 0 bridgehead atoms. The van der Waals surface area contributed by atoms with E-state index in [1.165, 1.54) is 5.69 Å². The predicted molar refractivity (Wildman–Crippen MR) is 43.7 cm³/mol. The molecule has 0 saturated heterocycles. The third-order valence-electron chi connectivity index (χ3n) is 1.96. The summed E-state index contributed by atoms with van der Waals surface area (Å²) in [6.07, 6.45) is 6.11. The van der Waals surface area contributed by atoms with Gasteiger partial charge in [0.15, 0.2) is 0 Å². The van der Waals surface area contributed by atoms with Gasteiger partial charge < -0.3 is 0 Å². The summed E-state index contributed by atoms with van der Waals surface area (Å²) < 4.78 is 3.98. The minimum absolute atomic E-state index is 0.539. The van der Waals surface area contributed by atoms with E-state index >= 15 is 0 Å². The standard InChI is InChI=1S/C9H12N3/c1-8(2)9-7-11-5-3-4-6-12(11)10-9/h3-8H,1-2H3/q+1/p+1. The zero-order valence-corrected chi connectivity index (χ0v) is 7.36. The van der Waals surface area contributed by atoms with Gasteiger partial charge in [-0.2, -0.15) is 0 Å². The number of H-pyrrole nitrogens is 1. The van der Waals surface area contributed by atoms with Crippen molar-refractivity contribution in [2.45, 2.75) is 19.8 Å². The number of hydrogen-bond donors (Lipinski definition) is 0. The van der Waals surface area contributed by atoms with E-state index in [9.17, 15) is 0 Å². The average Bonchev–Trinajstić information content (AvgIpc) is 2.46. The molecule has 0 amide bonds. The van der Waals surface area contributed by atoms with E-state index in [1.54, 1.807) is 0 Å². The first kappa shape index (κ1) is 7.28. The first-order valence-electron chi connectivity index (χ1n) is 4.18. The number of aromatic amines is 1. The molecule has 0 aliphatic heterocycles. The lowest BCUT2D eigenvalue weighted by Crippen LogP contribution is -2.32. The van der Waals surface area contributed by atoms with Crippen LogP contribution >= 0.6 is 0 Å². The summed E-state index contributed by atoms with van der Waals surface area (Å²) in [6.45, 7) is 4.34. The Kier molecular flexibility index (Phi) is 1.57. The molecule has 2 rings (SSSR count). The van der Waals surface area contributed by atoms with Gasteiger partial charge in [0.25, 0.3) is 11.9 Å². The monoisotopic (exact) mass is 163 g/mol. The van der Waals surface area contributed by atoms with Gasteiger partial charge in [0.2, 0.25) is 6.20 Å². The Hall–Kier alpha value is -1.38.